The highest BCUT2D eigenvalue weighted by atomic mass is 16.5. The lowest BCUT2D eigenvalue weighted by molar-refractivity contribution is 0.0477. The molecule has 1 fully saturated rings. The molecule has 0 amide bonds. The molecule has 0 bridgehead atoms. The first kappa shape index (κ1) is 15.4. The van der Waals surface area contributed by atoms with E-state index < -0.39 is 0 Å². The molecular weight excluding hydrogens is 254 g/mol. The molecular formula is C15H27N3O2. The summed E-state index contributed by atoms with van der Waals surface area (Å²) in [7, 11) is 0. The minimum atomic E-state index is -0.0268. The van der Waals surface area contributed by atoms with Gasteiger partial charge in [-0.3, -0.25) is 0 Å². The Morgan fingerprint density at radius 1 is 1.35 bits per heavy atom. The first-order valence-electron chi connectivity index (χ1n) is 7.95. The van der Waals surface area contributed by atoms with Gasteiger partial charge in [-0.1, -0.05) is 25.4 Å². The van der Waals surface area contributed by atoms with E-state index in [1.807, 2.05) is 6.92 Å². The summed E-state index contributed by atoms with van der Waals surface area (Å²) in [6.07, 6.45) is 5.42. The zero-order valence-electron chi connectivity index (χ0n) is 12.9. The molecule has 0 aliphatic heterocycles. The Morgan fingerprint density at radius 3 is 2.75 bits per heavy atom. The van der Waals surface area contributed by atoms with Crippen molar-refractivity contribution in [2.45, 2.75) is 65.0 Å². The van der Waals surface area contributed by atoms with E-state index in [0.29, 0.717) is 18.5 Å². The van der Waals surface area contributed by atoms with Crippen LogP contribution in [0.3, 0.4) is 0 Å². The van der Waals surface area contributed by atoms with Gasteiger partial charge in [0, 0.05) is 19.1 Å². The maximum absolute atomic E-state index is 5.69. The van der Waals surface area contributed by atoms with Gasteiger partial charge in [0.25, 0.3) is 0 Å². The van der Waals surface area contributed by atoms with E-state index in [0.717, 1.165) is 37.6 Å². The molecule has 1 aliphatic rings. The average Bonchev–Trinajstić information content (AvgIpc) is 3.18. The third-order valence-electron chi connectivity index (χ3n) is 3.74. The van der Waals surface area contributed by atoms with Crippen molar-refractivity contribution < 1.29 is 9.26 Å². The molecule has 2 rings (SSSR count). The third kappa shape index (κ3) is 4.28. The molecule has 1 N–H and O–H groups in total. The number of nitrogens with one attached hydrogen (secondary N) is 1. The molecule has 2 unspecified atom stereocenters. The van der Waals surface area contributed by atoms with E-state index in [2.05, 4.69) is 29.3 Å². The van der Waals surface area contributed by atoms with Crippen LogP contribution in [-0.2, 0) is 11.2 Å². The maximum atomic E-state index is 5.69. The molecule has 2 atom stereocenters. The second-order valence-electron chi connectivity index (χ2n) is 5.48. The Bertz CT molecular complexity index is 384. The Hall–Kier alpha value is -0.940. The normalized spacial score (nSPS) is 18.1. The van der Waals surface area contributed by atoms with Gasteiger partial charge in [0.1, 0.15) is 6.10 Å². The van der Waals surface area contributed by atoms with Crippen LogP contribution in [0.5, 0.6) is 0 Å². The van der Waals surface area contributed by atoms with E-state index in [1.165, 1.54) is 12.8 Å². The lowest BCUT2D eigenvalue weighted by atomic mass is 10.1. The fourth-order valence-electron chi connectivity index (χ4n) is 2.59. The molecule has 0 aromatic carbocycles. The summed E-state index contributed by atoms with van der Waals surface area (Å²) >= 11 is 0. The van der Waals surface area contributed by atoms with Gasteiger partial charge in [0.15, 0.2) is 0 Å². The van der Waals surface area contributed by atoms with Gasteiger partial charge >= 0.3 is 0 Å². The Labute approximate surface area is 121 Å². The zero-order valence-corrected chi connectivity index (χ0v) is 12.9. The molecule has 5 nitrogen and oxygen atoms in total. The van der Waals surface area contributed by atoms with Crippen LogP contribution in [0.15, 0.2) is 4.52 Å². The van der Waals surface area contributed by atoms with E-state index >= 15 is 0 Å². The van der Waals surface area contributed by atoms with Crippen LogP contribution in [0.1, 0.15) is 64.3 Å². The number of likely N-dealkylation sites (N-methyl/N-ethyl adjacent to an activating group) is 1. The number of ether oxygens (including phenoxy) is 1. The molecule has 1 aromatic rings. The number of aromatic nitrogens is 2. The highest BCUT2D eigenvalue weighted by Crippen LogP contribution is 2.34. The van der Waals surface area contributed by atoms with Gasteiger partial charge in [-0.2, -0.15) is 4.98 Å². The van der Waals surface area contributed by atoms with Crippen LogP contribution in [0.25, 0.3) is 0 Å². The van der Waals surface area contributed by atoms with Crippen LogP contribution in [0.4, 0.5) is 0 Å². The molecule has 0 spiro atoms. The predicted molar refractivity (Wildman–Crippen MR) is 77.5 cm³/mol. The van der Waals surface area contributed by atoms with Gasteiger partial charge in [-0.15, -0.1) is 0 Å². The van der Waals surface area contributed by atoms with Crippen molar-refractivity contribution >= 4 is 0 Å². The highest BCUT2D eigenvalue weighted by Gasteiger charge is 2.32. The predicted octanol–water partition coefficient (Wildman–Crippen LogP) is 2.88. The Kier molecular flexibility index (Phi) is 5.98. The van der Waals surface area contributed by atoms with Crippen LogP contribution >= 0.6 is 0 Å². The van der Waals surface area contributed by atoms with Crippen molar-refractivity contribution in [1.29, 1.82) is 0 Å². The van der Waals surface area contributed by atoms with Gasteiger partial charge < -0.3 is 14.6 Å². The van der Waals surface area contributed by atoms with Crippen molar-refractivity contribution in [1.82, 2.24) is 15.5 Å². The van der Waals surface area contributed by atoms with Crippen molar-refractivity contribution in [3.63, 3.8) is 0 Å². The first-order valence-corrected chi connectivity index (χ1v) is 7.95. The summed E-state index contributed by atoms with van der Waals surface area (Å²) < 4.78 is 11.1. The first-order chi connectivity index (χ1) is 9.78. The largest absolute Gasteiger partial charge is 0.370 e. The molecule has 0 saturated heterocycles. The molecule has 1 saturated carbocycles. The standard InChI is InChI=1S/C15H27N3O2/c1-4-7-13(19-6-3)15-17-14(20-18-15)10-12(16-5-2)11-8-9-11/h11-13,16H,4-10H2,1-3H3. The fraction of sp³-hybridized carbons (Fsp3) is 0.867. The molecule has 1 aliphatic carbocycles. The van der Waals surface area contributed by atoms with Gasteiger partial charge in [-0.25, -0.2) is 0 Å². The minimum absolute atomic E-state index is 0.0268. The van der Waals surface area contributed by atoms with Crippen LogP contribution in [0.2, 0.25) is 0 Å². The molecule has 0 radical (unpaired) electrons. The van der Waals surface area contributed by atoms with Crippen LogP contribution in [-0.4, -0.2) is 29.3 Å². The lowest BCUT2D eigenvalue weighted by Crippen LogP contribution is -2.33. The topological polar surface area (TPSA) is 60.2 Å². The molecule has 5 heteroatoms. The Morgan fingerprint density at radius 2 is 2.15 bits per heavy atom. The summed E-state index contributed by atoms with van der Waals surface area (Å²) in [6, 6.07) is 0.477. The van der Waals surface area contributed by atoms with Crippen molar-refractivity contribution in [2.75, 3.05) is 13.2 Å². The second kappa shape index (κ2) is 7.74. The van der Waals surface area contributed by atoms with Crippen molar-refractivity contribution in [3.05, 3.63) is 11.7 Å². The SMILES string of the molecule is CCCC(OCC)c1noc(CC(NCC)C2CC2)n1. The number of rotatable bonds is 10. The van der Waals surface area contributed by atoms with Gasteiger partial charge in [0.2, 0.25) is 11.7 Å². The summed E-state index contributed by atoms with van der Waals surface area (Å²) in [5.41, 5.74) is 0. The number of hydrogen-bond donors (Lipinski definition) is 1. The lowest BCUT2D eigenvalue weighted by Gasteiger charge is -2.14. The number of nitrogens with zero attached hydrogens (tertiary/aromatic N) is 2. The zero-order chi connectivity index (χ0) is 14.4. The molecule has 1 aromatic heterocycles. The smallest absolute Gasteiger partial charge is 0.228 e. The van der Waals surface area contributed by atoms with Gasteiger partial charge in [0.05, 0.1) is 0 Å². The molecule has 114 valence electrons. The van der Waals surface area contributed by atoms with E-state index in [1.54, 1.807) is 0 Å². The minimum Gasteiger partial charge on any atom is -0.370 e. The molecule has 1 heterocycles. The second-order valence-corrected chi connectivity index (χ2v) is 5.48. The van der Waals surface area contributed by atoms with Crippen LogP contribution < -0.4 is 5.32 Å². The number of hydrogen-bond acceptors (Lipinski definition) is 5. The Balaban J connectivity index is 1.95. The summed E-state index contributed by atoms with van der Waals surface area (Å²) in [4.78, 5) is 4.54. The van der Waals surface area contributed by atoms with Gasteiger partial charge in [-0.05, 0) is 38.6 Å². The quantitative estimate of drug-likeness (QED) is 0.714. The monoisotopic (exact) mass is 281 g/mol. The summed E-state index contributed by atoms with van der Waals surface area (Å²) in [5.74, 6) is 2.22. The average molecular weight is 281 g/mol. The van der Waals surface area contributed by atoms with Crippen molar-refractivity contribution in [3.8, 4) is 0 Å². The highest BCUT2D eigenvalue weighted by molar-refractivity contribution is 4.97. The maximum Gasteiger partial charge on any atom is 0.228 e. The van der Waals surface area contributed by atoms with E-state index in [4.69, 9.17) is 9.26 Å². The molecule has 20 heavy (non-hydrogen) atoms. The third-order valence-corrected chi connectivity index (χ3v) is 3.74. The fourth-order valence-corrected chi connectivity index (χ4v) is 2.59. The van der Waals surface area contributed by atoms with Crippen molar-refractivity contribution in [2.24, 2.45) is 5.92 Å². The van der Waals surface area contributed by atoms with Crippen LogP contribution in [0, 0.1) is 5.92 Å². The summed E-state index contributed by atoms with van der Waals surface area (Å²) in [5, 5.41) is 7.63. The summed E-state index contributed by atoms with van der Waals surface area (Å²) in [6.45, 7) is 7.94. The van der Waals surface area contributed by atoms with E-state index in [9.17, 15) is 0 Å². The van der Waals surface area contributed by atoms with E-state index in [-0.39, 0.29) is 6.10 Å².